The van der Waals surface area contributed by atoms with E-state index in [-0.39, 0.29) is 18.4 Å². The molecule has 0 spiro atoms. The van der Waals surface area contributed by atoms with E-state index >= 15 is 0 Å². The quantitative estimate of drug-likeness (QED) is 0.575. The smallest absolute Gasteiger partial charge is 0.416 e. The van der Waals surface area contributed by atoms with Gasteiger partial charge in [0.15, 0.2) is 0 Å². The lowest BCUT2D eigenvalue weighted by atomic mass is 9.84. The van der Waals surface area contributed by atoms with Gasteiger partial charge in [-0.15, -0.1) is 0 Å². The number of likely N-dealkylation sites (tertiary alicyclic amines) is 1. The number of benzene rings is 2. The van der Waals surface area contributed by atoms with Crippen LogP contribution in [0.2, 0.25) is 10.0 Å². The Morgan fingerprint density at radius 2 is 1.83 bits per heavy atom. The Balaban J connectivity index is 1.87. The maximum absolute atomic E-state index is 12.9. The average molecular weight is 446 g/mol. The van der Waals surface area contributed by atoms with Gasteiger partial charge in [0, 0.05) is 29.1 Å². The minimum absolute atomic E-state index is 0.0362. The first-order valence-electron chi connectivity index (χ1n) is 9.20. The van der Waals surface area contributed by atoms with Crippen molar-refractivity contribution >= 4 is 29.2 Å². The summed E-state index contributed by atoms with van der Waals surface area (Å²) in [6.45, 7) is 1.09. The van der Waals surface area contributed by atoms with E-state index in [2.05, 4.69) is 4.90 Å². The molecule has 3 nitrogen and oxygen atoms in total. The molecule has 1 saturated heterocycles. The van der Waals surface area contributed by atoms with Gasteiger partial charge in [-0.1, -0.05) is 35.3 Å². The van der Waals surface area contributed by atoms with E-state index in [1.807, 2.05) is 0 Å². The number of halogens is 5. The fraction of sp³-hybridized carbons (Fsp3) is 0.381. The molecule has 1 N–H and O–H groups in total. The number of carbonyl (C=O) groups is 1. The Bertz CT molecular complexity index is 871. The SMILES string of the molecule is O=C(O)CC1CCN(Cc2cc(Cl)ccc2Cl)C(c2ccc(C(F)(F)F)cc2)C1. The molecule has 3 rings (SSSR count). The number of piperidine rings is 1. The van der Waals surface area contributed by atoms with Crippen molar-refractivity contribution in [2.75, 3.05) is 6.54 Å². The van der Waals surface area contributed by atoms with E-state index in [4.69, 9.17) is 28.3 Å². The summed E-state index contributed by atoms with van der Waals surface area (Å²) in [5.74, 6) is -0.904. The zero-order valence-corrected chi connectivity index (χ0v) is 16.9. The van der Waals surface area contributed by atoms with E-state index < -0.39 is 17.7 Å². The van der Waals surface area contributed by atoms with Crippen molar-refractivity contribution in [2.45, 2.75) is 38.0 Å². The van der Waals surface area contributed by atoms with Gasteiger partial charge in [-0.25, -0.2) is 0 Å². The van der Waals surface area contributed by atoms with Gasteiger partial charge in [-0.05, 0) is 66.8 Å². The van der Waals surface area contributed by atoms with E-state index in [9.17, 15) is 18.0 Å². The van der Waals surface area contributed by atoms with Crippen LogP contribution in [-0.4, -0.2) is 22.5 Å². The molecule has 1 aliphatic rings. The van der Waals surface area contributed by atoms with Gasteiger partial charge in [-0.3, -0.25) is 9.69 Å². The molecule has 0 saturated carbocycles. The van der Waals surface area contributed by atoms with Crippen molar-refractivity contribution in [3.8, 4) is 0 Å². The third-order valence-electron chi connectivity index (χ3n) is 5.29. The van der Waals surface area contributed by atoms with Gasteiger partial charge in [0.2, 0.25) is 0 Å². The van der Waals surface area contributed by atoms with Crippen LogP contribution < -0.4 is 0 Å². The highest BCUT2D eigenvalue weighted by Gasteiger charge is 2.33. The summed E-state index contributed by atoms with van der Waals surface area (Å²) in [6.07, 6.45) is -3.11. The fourth-order valence-corrected chi connectivity index (χ4v) is 4.20. The molecule has 2 atom stereocenters. The highest BCUT2D eigenvalue weighted by Crippen LogP contribution is 2.39. The minimum Gasteiger partial charge on any atom is -0.481 e. The van der Waals surface area contributed by atoms with Crippen molar-refractivity contribution in [3.05, 3.63) is 69.2 Å². The van der Waals surface area contributed by atoms with E-state index in [1.165, 1.54) is 12.1 Å². The van der Waals surface area contributed by atoms with Gasteiger partial charge in [-0.2, -0.15) is 13.2 Å². The second kappa shape index (κ2) is 8.94. The van der Waals surface area contributed by atoms with Crippen LogP contribution in [0.15, 0.2) is 42.5 Å². The second-order valence-electron chi connectivity index (χ2n) is 7.33. The lowest BCUT2D eigenvalue weighted by Gasteiger charge is -2.40. The second-order valence-corrected chi connectivity index (χ2v) is 8.17. The Hall–Kier alpha value is -1.76. The topological polar surface area (TPSA) is 40.5 Å². The summed E-state index contributed by atoms with van der Waals surface area (Å²) in [5, 5.41) is 10.3. The molecule has 0 bridgehead atoms. The number of nitrogens with zero attached hydrogens (tertiary/aromatic N) is 1. The Morgan fingerprint density at radius 3 is 2.45 bits per heavy atom. The number of hydrogen-bond donors (Lipinski definition) is 1. The van der Waals surface area contributed by atoms with Crippen molar-refractivity contribution in [3.63, 3.8) is 0 Å². The lowest BCUT2D eigenvalue weighted by molar-refractivity contribution is -0.139. The molecule has 2 unspecified atom stereocenters. The number of aliphatic carboxylic acids is 1. The highest BCUT2D eigenvalue weighted by atomic mass is 35.5. The van der Waals surface area contributed by atoms with Gasteiger partial charge >= 0.3 is 12.1 Å². The summed E-state index contributed by atoms with van der Waals surface area (Å²) in [6, 6.07) is 10.1. The summed E-state index contributed by atoms with van der Waals surface area (Å²) in [5.41, 5.74) is 0.850. The van der Waals surface area contributed by atoms with Crippen molar-refractivity contribution in [1.82, 2.24) is 4.90 Å². The highest BCUT2D eigenvalue weighted by molar-refractivity contribution is 6.33. The molecule has 0 amide bonds. The normalized spacial score (nSPS) is 20.6. The number of alkyl halides is 3. The first kappa shape index (κ1) is 21.9. The number of rotatable bonds is 5. The number of carboxylic acid groups (broad SMARTS) is 1. The van der Waals surface area contributed by atoms with Crippen LogP contribution in [0, 0.1) is 5.92 Å². The molecular formula is C21H20Cl2F3NO2. The molecule has 0 aliphatic carbocycles. The van der Waals surface area contributed by atoms with Crippen LogP contribution in [0.3, 0.4) is 0 Å². The minimum atomic E-state index is -4.40. The molecule has 1 heterocycles. The zero-order valence-electron chi connectivity index (χ0n) is 15.4. The third kappa shape index (κ3) is 5.65. The van der Waals surface area contributed by atoms with Gasteiger partial charge < -0.3 is 5.11 Å². The summed E-state index contributed by atoms with van der Waals surface area (Å²) < 4.78 is 38.7. The molecule has 156 valence electrons. The maximum atomic E-state index is 12.9. The molecular weight excluding hydrogens is 426 g/mol. The van der Waals surface area contributed by atoms with Crippen molar-refractivity contribution in [2.24, 2.45) is 5.92 Å². The van der Waals surface area contributed by atoms with Crippen LogP contribution >= 0.6 is 23.2 Å². The largest absolute Gasteiger partial charge is 0.481 e. The Kier molecular flexibility index (Phi) is 6.76. The predicted molar refractivity (Wildman–Crippen MR) is 106 cm³/mol. The van der Waals surface area contributed by atoms with E-state index in [0.29, 0.717) is 36.0 Å². The van der Waals surface area contributed by atoms with Gasteiger partial charge in [0.25, 0.3) is 0 Å². The van der Waals surface area contributed by atoms with Gasteiger partial charge in [0.05, 0.1) is 5.56 Å². The summed E-state index contributed by atoms with van der Waals surface area (Å²) in [4.78, 5) is 13.3. The number of hydrogen-bond acceptors (Lipinski definition) is 2. The molecule has 2 aromatic carbocycles. The Labute approximate surface area is 177 Å². The van der Waals surface area contributed by atoms with Crippen molar-refractivity contribution < 1.29 is 23.1 Å². The van der Waals surface area contributed by atoms with Crippen molar-refractivity contribution in [1.29, 1.82) is 0 Å². The first-order valence-corrected chi connectivity index (χ1v) is 9.96. The van der Waals surface area contributed by atoms with Crippen LogP contribution in [0.5, 0.6) is 0 Å². The number of carboxylic acids is 1. The van der Waals surface area contributed by atoms with E-state index in [0.717, 1.165) is 23.3 Å². The lowest BCUT2D eigenvalue weighted by Crippen LogP contribution is -2.37. The zero-order chi connectivity index (χ0) is 21.2. The predicted octanol–water partition coefficient (Wildman–Crippen LogP) is 6.44. The summed E-state index contributed by atoms with van der Waals surface area (Å²) >= 11 is 12.4. The molecule has 0 aromatic heterocycles. The summed E-state index contributed by atoms with van der Waals surface area (Å²) in [7, 11) is 0. The van der Waals surface area contributed by atoms with Gasteiger partial charge in [0.1, 0.15) is 0 Å². The monoisotopic (exact) mass is 445 g/mol. The molecule has 1 fully saturated rings. The molecule has 0 radical (unpaired) electrons. The molecule has 8 heteroatoms. The standard InChI is InChI=1S/C21H20Cl2F3NO2/c22-17-5-6-18(23)15(11-17)12-27-8-7-13(10-20(28)29)9-19(27)14-1-3-16(4-2-14)21(24,25)26/h1-6,11,13,19H,7-10,12H2,(H,28,29). The first-order chi connectivity index (χ1) is 13.6. The van der Waals surface area contributed by atoms with Crippen LogP contribution in [-0.2, 0) is 17.5 Å². The molecule has 29 heavy (non-hydrogen) atoms. The third-order valence-corrected chi connectivity index (χ3v) is 5.89. The molecule has 1 aliphatic heterocycles. The van der Waals surface area contributed by atoms with Crippen LogP contribution in [0.1, 0.15) is 42.0 Å². The average Bonchev–Trinajstić information content (AvgIpc) is 2.65. The van der Waals surface area contributed by atoms with Crippen LogP contribution in [0.4, 0.5) is 13.2 Å². The fourth-order valence-electron chi connectivity index (χ4n) is 3.83. The van der Waals surface area contributed by atoms with Crippen LogP contribution in [0.25, 0.3) is 0 Å². The Morgan fingerprint density at radius 1 is 1.14 bits per heavy atom. The maximum Gasteiger partial charge on any atom is 0.416 e. The molecule has 2 aromatic rings. The van der Waals surface area contributed by atoms with E-state index in [1.54, 1.807) is 18.2 Å².